The van der Waals surface area contributed by atoms with Gasteiger partial charge in [-0.3, -0.25) is 19.4 Å². The van der Waals surface area contributed by atoms with Crippen LogP contribution < -0.4 is 0 Å². The summed E-state index contributed by atoms with van der Waals surface area (Å²) in [7, 11) is 0. The number of pyridine rings is 1. The third kappa shape index (κ3) is 5.60. The highest BCUT2D eigenvalue weighted by Crippen LogP contribution is 2.69. The Bertz CT molecular complexity index is 1390. The van der Waals surface area contributed by atoms with Gasteiger partial charge in [0.1, 0.15) is 30.3 Å². The van der Waals surface area contributed by atoms with E-state index in [1.807, 2.05) is 0 Å². The van der Waals surface area contributed by atoms with Gasteiger partial charge in [0.25, 0.3) is 0 Å². The summed E-state index contributed by atoms with van der Waals surface area (Å²) in [6.45, 7) is 10.8. The predicted octanol–water partition coefficient (Wildman–Crippen LogP) is 2.62. The van der Waals surface area contributed by atoms with E-state index in [4.69, 9.17) is 28.4 Å². The third-order valence-electron chi connectivity index (χ3n) is 9.32. The van der Waals surface area contributed by atoms with Crippen LogP contribution >= 0.6 is 0 Å². The van der Waals surface area contributed by atoms with Gasteiger partial charge in [-0.05, 0) is 59.6 Å². The Hall–Kier alpha value is -3.84. The third-order valence-corrected chi connectivity index (χ3v) is 9.32. The summed E-state index contributed by atoms with van der Waals surface area (Å²) in [6.07, 6.45) is -1.30. The van der Waals surface area contributed by atoms with Crippen LogP contribution in [0.15, 0.2) is 36.2 Å². The minimum Gasteiger partial charge on any atom is -0.465 e. The van der Waals surface area contributed by atoms with E-state index in [-0.39, 0.29) is 24.0 Å². The highest BCUT2D eigenvalue weighted by molar-refractivity contribution is 5.89. The molecule has 1 saturated heterocycles. The molecule has 1 aliphatic heterocycles. The van der Waals surface area contributed by atoms with Crippen LogP contribution in [0, 0.1) is 11.3 Å². The lowest BCUT2D eigenvalue weighted by Gasteiger charge is -2.65. The van der Waals surface area contributed by atoms with Gasteiger partial charge in [-0.2, -0.15) is 0 Å². The van der Waals surface area contributed by atoms with Crippen molar-refractivity contribution in [1.82, 2.24) is 4.98 Å². The maximum Gasteiger partial charge on any atom is 0.340 e. The molecule has 0 aromatic carbocycles. The van der Waals surface area contributed by atoms with E-state index >= 15 is 0 Å². The molecule has 0 unspecified atom stereocenters. The van der Waals surface area contributed by atoms with Gasteiger partial charge in [0.2, 0.25) is 0 Å². The Balaban J connectivity index is 2.11. The first-order valence-electron chi connectivity index (χ1n) is 14.8. The number of hydrogen-bond donors (Lipinski definition) is 1. The number of aromatic nitrogens is 1. The average Bonchev–Trinajstić information content (AvgIpc) is 3.15. The summed E-state index contributed by atoms with van der Waals surface area (Å²) in [6, 6.07) is 3.04. The van der Waals surface area contributed by atoms with Crippen molar-refractivity contribution in [3.05, 3.63) is 41.7 Å². The largest absolute Gasteiger partial charge is 0.465 e. The van der Waals surface area contributed by atoms with Gasteiger partial charge in [0.15, 0.2) is 11.7 Å². The smallest absolute Gasteiger partial charge is 0.340 e. The van der Waals surface area contributed by atoms with Gasteiger partial charge in [-0.25, -0.2) is 9.59 Å². The van der Waals surface area contributed by atoms with Crippen LogP contribution in [0.5, 0.6) is 0 Å². The van der Waals surface area contributed by atoms with Crippen LogP contribution in [0.2, 0.25) is 0 Å². The van der Waals surface area contributed by atoms with Crippen LogP contribution in [-0.4, -0.2) is 87.8 Å². The van der Waals surface area contributed by atoms with Crippen LogP contribution in [-0.2, 0) is 47.6 Å². The fraction of sp³-hybridized carbons (Fsp3) is 0.625. The normalized spacial score (nSPS) is 35.0. The molecule has 4 rings (SSSR count). The molecule has 2 heterocycles. The number of esters is 5. The van der Waals surface area contributed by atoms with Crippen LogP contribution in [0.3, 0.4) is 0 Å². The van der Waals surface area contributed by atoms with E-state index < -0.39 is 89.0 Å². The summed E-state index contributed by atoms with van der Waals surface area (Å²) in [5.41, 5.74) is -6.94. The minimum atomic E-state index is -2.05. The number of fused-ring (bicyclic) bond motifs is 1. The summed E-state index contributed by atoms with van der Waals surface area (Å²) in [5, 5.41) is 12.4. The molecule has 8 atom stereocenters. The minimum absolute atomic E-state index is 0.00321. The summed E-state index contributed by atoms with van der Waals surface area (Å²) < 4.78 is 36.7. The predicted molar refractivity (Wildman–Crippen MR) is 154 cm³/mol. The van der Waals surface area contributed by atoms with Gasteiger partial charge in [0.05, 0.1) is 22.7 Å². The zero-order valence-corrected chi connectivity index (χ0v) is 26.8. The maximum absolute atomic E-state index is 13.7. The van der Waals surface area contributed by atoms with Crippen molar-refractivity contribution in [2.45, 2.75) is 109 Å². The molecule has 0 amide bonds. The number of carbonyl (C=O) groups excluding carboxylic acids is 5. The number of hydrogen-bond acceptors (Lipinski definition) is 13. The van der Waals surface area contributed by atoms with Gasteiger partial charge in [-0.1, -0.05) is 6.08 Å². The Morgan fingerprint density at radius 3 is 2.20 bits per heavy atom. The first-order chi connectivity index (χ1) is 20.9. The Kier molecular flexibility index (Phi) is 9.20. The molecule has 0 radical (unpaired) electrons. The monoisotopic (exact) mass is 631 g/mol. The van der Waals surface area contributed by atoms with E-state index in [0.717, 1.165) is 13.8 Å². The molecule has 2 aliphatic carbocycles. The van der Waals surface area contributed by atoms with Crippen LogP contribution in [0.4, 0.5) is 0 Å². The lowest BCUT2D eigenvalue weighted by molar-refractivity contribution is -0.348. The van der Waals surface area contributed by atoms with E-state index in [0.29, 0.717) is 0 Å². The van der Waals surface area contributed by atoms with Crippen molar-refractivity contribution in [3.63, 3.8) is 0 Å². The number of carbonyl (C=O) groups is 5. The quantitative estimate of drug-likeness (QED) is 0.252. The molecule has 13 nitrogen and oxygen atoms in total. The summed E-state index contributed by atoms with van der Waals surface area (Å²) in [5.74, 6) is -4.89. The first kappa shape index (κ1) is 34.0. The number of aliphatic hydroxyl groups is 1. The van der Waals surface area contributed by atoms with Crippen LogP contribution in [0.25, 0.3) is 0 Å². The van der Waals surface area contributed by atoms with Gasteiger partial charge < -0.3 is 33.5 Å². The number of rotatable bonds is 8. The molecule has 45 heavy (non-hydrogen) atoms. The fourth-order valence-corrected chi connectivity index (χ4v) is 7.49. The van der Waals surface area contributed by atoms with Gasteiger partial charge >= 0.3 is 29.8 Å². The van der Waals surface area contributed by atoms with Gasteiger partial charge in [-0.15, -0.1) is 0 Å². The number of ether oxygens (including phenoxy) is 6. The van der Waals surface area contributed by atoms with Crippen molar-refractivity contribution < 1.29 is 57.5 Å². The lowest BCUT2D eigenvalue weighted by Crippen LogP contribution is -2.83. The summed E-state index contributed by atoms with van der Waals surface area (Å²) in [4.78, 5) is 69.0. The van der Waals surface area contributed by atoms with Crippen molar-refractivity contribution >= 4 is 29.8 Å². The molecule has 246 valence electrons. The number of nitrogens with zero attached hydrogens (tertiary/aromatic N) is 1. The van der Waals surface area contributed by atoms with E-state index in [9.17, 15) is 29.1 Å². The molecule has 3 fully saturated rings. The SMILES string of the molecule is CC=C(C)C(=O)O[C@@H]1[C@H](OC(C)=O)[C@@H]2[C@@H](OC(=O)c3cccnc3)[C@@]3(OC2(C)C)[C@@]1(COC(C)=O)[C@@H](OC(C)=O)CC[C@]3(C)O. The maximum atomic E-state index is 13.7. The fourth-order valence-electron chi connectivity index (χ4n) is 7.49. The van der Waals surface area contributed by atoms with Gasteiger partial charge in [0, 0.05) is 38.7 Å². The van der Waals surface area contributed by atoms with Crippen molar-refractivity contribution in [2.24, 2.45) is 11.3 Å². The average molecular weight is 632 g/mol. The van der Waals surface area contributed by atoms with Crippen molar-refractivity contribution in [2.75, 3.05) is 6.61 Å². The van der Waals surface area contributed by atoms with E-state index in [1.165, 1.54) is 45.3 Å². The lowest BCUT2D eigenvalue weighted by atomic mass is 9.46. The molecule has 3 aliphatic rings. The zero-order valence-electron chi connectivity index (χ0n) is 26.8. The second-order valence-electron chi connectivity index (χ2n) is 12.6. The second kappa shape index (κ2) is 12.2. The number of allylic oxidation sites excluding steroid dienone is 1. The first-order valence-corrected chi connectivity index (χ1v) is 14.8. The zero-order chi connectivity index (χ0) is 33.5. The Morgan fingerprint density at radius 2 is 1.64 bits per heavy atom. The van der Waals surface area contributed by atoms with Crippen LogP contribution in [0.1, 0.15) is 78.6 Å². The summed E-state index contributed by atoms with van der Waals surface area (Å²) >= 11 is 0. The Labute approximate surface area is 261 Å². The molecule has 2 bridgehead atoms. The van der Waals surface area contributed by atoms with Crippen molar-refractivity contribution in [1.29, 1.82) is 0 Å². The standard InChI is InChI=1S/C32H41NO12/c1-9-17(2)27(37)44-26-24(42-20(5)36)23-25(43-28(38)21-11-10-14-33-15-21)32(45-29(23,6)7)30(8,39)13-12-22(41-19(4)35)31(26,32)16-40-18(3)34/h9-11,14-15,22-26,39H,12-13,16H2,1-8H3/t22-,23+,24+,25+,26+,30-,31-,32-/m0/s1. The molecular weight excluding hydrogens is 590 g/mol. The van der Waals surface area contributed by atoms with E-state index in [1.54, 1.807) is 26.8 Å². The molecule has 1 aromatic rings. The van der Waals surface area contributed by atoms with E-state index in [2.05, 4.69) is 4.98 Å². The molecule has 1 spiro atoms. The highest BCUT2D eigenvalue weighted by Gasteiger charge is 2.87. The molecule has 2 saturated carbocycles. The molecular formula is C32H41NO12. The Morgan fingerprint density at radius 1 is 0.978 bits per heavy atom. The van der Waals surface area contributed by atoms with Crippen molar-refractivity contribution in [3.8, 4) is 0 Å². The topological polar surface area (TPSA) is 174 Å². The molecule has 1 N–H and O–H groups in total. The molecule has 1 aromatic heterocycles. The highest BCUT2D eigenvalue weighted by atomic mass is 16.6. The molecule has 13 heteroatoms. The second-order valence-corrected chi connectivity index (χ2v) is 12.6.